The van der Waals surface area contributed by atoms with Gasteiger partial charge in [0.05, 0.1) is 28.4 Å². The first-order chi connectivity index (χ1) is 17.5. The minimum absolute atomic E-state index is 0.0321. The fourth-order valence-electron chi connectivity index (χ4n) is 3.95. The molecule has 182 valence electrons. The normalized spacial score (nSPS) is 15.5. The second kappa shape index (κ2) is 10.1. The Hall–Kier alpha value is -4.38. The summed E-state index contributed by atoms with van der Waals surface area (Å²) in [5.41, 5.74) is 1.83. The van der Waals surface area contributed by atoms with E-state index in [9.17, 15) is 9.59 Å². The molecule has 0 aromatic carbocycles. The first-order valence-electron chi connectivity index (χ1n) is 11.2. The van der Waals surface area contributed by atoms with E-state index in [1.807, 2.05) is 0 Å². The van der Waals surface area contributed by atoms with Gasteiger partial charge in [-0.15, -0.1) is 10.2 Å². The van der Waals surface area contributed by atoms with Gasteiger partial charge in [0, 0.05) is 19.3 Å². The lowest BCUT2D eigenvalue weighted by atomic mass is 9.98. The molecule has 1 aliphatic rings. The molecule has 0 spiro atoms. The zero-order valence-corrected chi connectivity index (χ0v) is 19.8. The third kappa shape index (κ3) is 4.86. The summed E-state index contributed by atoms with van der Waals surface area (Å²) in [6.45, 7) is 4.75. The number of anilines is 1. The molecule has 2 N–H and O–H groups in total. The van der Waals surface area contributed by atoms with Crippen LogP contribution < -0.4 is 5.32 Å². The van der Waals surface area contributed by atoms with Crippen LogP contribution in [0, 0.1) is 0 Å². The number of halogens is 1. The summed E-state index contributed by atoms with van der Waals surface area (Å²) in [5.74, 6) is 0.564. The maximum Gasteiger partial charge on any atom is 0.275 e. The maximum absolute atomic E-state index is 12.7. The first kappa shape index (κ1) is 23.4. The van der Waals surface area contributed by atoms with Crippen LogP contribution in [-0.4, -0.2) is 60.2 Å². The van der Waals surface area contributed by atoms with Crippen LogP contribution in [0.3, 0.4) is 0 Å². The molecular formula is C24H21ClN8O3. The van der Waals surface area contributed by atoms with Gasteiger partial charge in [-0.25, -0.2) is 9.97 Å². The summed E-state index contributed by atoms with van der Waals surface area (Å²) < 4.78 is 5.88. The molecular weight excluding hydrogens is 484 g/mol. The van der Waals surface area contributed by atoms with Gasteiger partial charge in [0.2, 0.25) is 17.7 Å². The number of hydrogen-bond donors (Lipinski definition) is 2. The number of aromatic nitrogens is 6. The van der Waals surface area contributed by atoms with Gasteiger partial charge in [-0.1, -0.05) is 24.2 Å². The molecule has 0 radical (unpaired) electrons. The topological polar surface area (TPSA) is 143 Å². The number of H-pyrrole nitrogens is 1. The third-order valence-electron chi connectivity index (χ3n) is 5.78. The number of carbonyl (C=O) groups excluding carboxylic acids is 2. The average molecular weight is 505 g/mol. The number of amides is 2. The molecule has 0 unspecified atom stereocenters. The van der Waals surface area contributed by atoms with Crippen molar-refractivity contribution in [3.63, 3.8) is 0 Å². The van der Waals surface area contributed by atoms with E-state index in [4.69, 9.17) is 16.0 Å². The van der Waals surface area contributed by atoms with Gasteiger partial charge in [0.15, 0.2) is 0 Å². The Kier molecular flexibility index (Phi) is 6.54. The zero-order valence-electron chi connectivity index (χ0n) is 19.0. The van der Waals surface area contributed by atoms with Crippen LogP contribution in [0.2, 0.25) is 5.02 Å². The standard InChI is InChI=1S/C24H21ClN8O3/c1-2-20(34)33-10-4-5-15(13-33)24-32-31-23(36-24)14-8-9-19(26-11-14)29-22(35)18-7-3-6-17(28-18)21-16(25)12-27-30-21/h2-3,6-9,11-12,15H,1,4-5,10,13H2,(H,27,30)(H,26,29,35)/t15-/m0/s1. The van der Waals surface area contributed by atoms with E-state index in [2.05, 4.69) is 42.3 Å². The van der Waals surface area contributed by atoms with Gasteiger partial charge >= 0.3 is 0 Å². The van der Waals surface area contributed by atoms with Crippen LogP contribution >= 0.6 is 11.6 Å². The molecule has 5 rings (SSSR count). The number of likely N-dealkylation sites (tertiary alicyclic amines) is 1. The minimum Gasteiger partial charge on any atom is -0.420 e. The van der Waals surface area contributed by atoms with Crippen molar-refractivity contribution in [1.82, 2.24) is 35.3 Å². The Labute approximate surface area is 210 Å². The number of nitrogens with one attached hydrogen (secondary N) is 2. The van der Waals surface area contributed by atoms with Gasteiger partial charge < -0.3 is 14.6 Å². The van der Waals surface area contributed by atoms with Crippen molar-refractivity contribution in [2.45, 2.75) is 18.8 Å². The van der Waals surface area contributed by atoms with Gasteiger partial charge in [-0.05, 0) is 43.2 Å². The number of carbonyl (C=O) groups is 2. The molecule has 2 amide bonds. The smallest absolute Gasteiger partial charge is 0.275 e. The van der Waals surface area contributed by atoms with E-state index in [1.54, 1.807) is 35.2 Å². The Bertz CT molecular complexity index is 1410. The molecule has 5 heterocycles. The summed E-state index contributed by atoms with van der Waals surface area (Å²) in [6, 6.07) is 8.38. The number of piperidine rings is 1. The molecule has 0 saturated carbocycles. The summed E-state index contributed by atoms with van der Waals surface area (Å²) in [6.07, 6.45) is 6.03. The number of pyridine rings is 2. The number of rotatable bonds is 6. The van der Waals surface area contributed by atoms with Gasteiger partial charge in [-0.2, -0.15) is 5.10 Å². The SMILES string of the molecule is C=CC(=O)N1CCC[C@H](c2nnc(-c3ccc(NC(=O)c4cccc(-c5[nH]ncc5Cl)n4)nc3)o2)C1. The van der Waals surface area contributed by atoms with E-state index >= 15 is 0 Å². The van der Waals surface area contributed by atoms with Crippen molar-refractivity contribution in [3.8, 4) is 22.8 Å². The molecule has 12 heteroatoms. The molecule has 0 bridgehead atoms. The number of aromatic amines is 1. The number of nitrogens with zero attached hydrogens (tertiary/aromatic N) is 6. The van der Waals surface area contributed by atoms with Gasteiger partial charge in [0.25, 0.3) is 5.91 Å². The van der Waals surface area contributed by atoms with Crippen molar-refractivity contribution in [1.29, 1.82) is 0 Å². The molecule has 36 heavy (non-hydrogen) atoms. The van der Waals surface area contributed by atoms with Crippen LogP contribution in [0.1, 0.15) is 35.1 Å². The highest BCUT2D eigenvalue weighted by molar-refractivity contribution is 6.32. The van der Waals surface area contributed by atoms with E-state index in [0.29, 0.717) is 52.7 Å². The van der Waals surface area contributed by atoms with E-state index in [-0.39, 0.29) is 17.5 Å². The second-order valence-electron chi connectivity index (χ2n) is 8.16. The molecule has 0 aliphatic carbocycles. The number of hydrogen-bond acceptors (Lipinski definition) is 8. The Morgan fingerprint density at radius 1 is 1.22 bits per heavy atom. The predicted molar refractivity (Wildman–Crippen MR) is 131 cm³/mol. The summed E-state index contributed by atoms with van der Waals surface area (Å²) in [4.78, 5) is 35.0. The zero-order chi connectivity index (χ0) is 25.1. The lowest BCUT2D eigenvalue weighted by Crippen LogP contribution is -2.38. The monoisotopic (exact) mass is 504 g/mol. The minimum atomic E-state index is -0.427. The first-order valence-corrected chi connectivity index (χ1v) is 11.6. The maximum atomic E-state index is 12.7. The summed E-state index contributed by atoms with van der Waals surface area (Å²) >= 11 is 6.09. The Morgan fingerprint density at radius 2 is 2.11 bits per heavy atom. The molecule has 4 aromatic heterocycles. The second-order valence-corrected chi connectivity index (χ2v) is 8.57. The average Bonchev–Trinajstić information content (AvgIpc) is 3.58. The Balaban J connectivity index is 1.25. The van der Waals surface area contributed by atoms with Crippen molar-refractivity contribution in [2.75, 3.05) is 18.4 Å². The Morgan fingerprint density at radius 3 is 2.86 bits per heavy atom. The van der Waals surface area contributed by atoms with Crippen molar-refractivity contribution < 1.29 is 14.0 Å². The van der Waals surface area contributed by atoms with E-state index < -0.39 is 5.91 Å². The molecule has 1 atom stereocenters. The fraction of sp³-hybridized carbons (Fsp3) is 0.208. The highest BCUT2D eigenvalue weighted by Crippen LogP contribution is 2.29. The molecule has 11 nitrogen and oxygen atoms in total. The van der Waals surface area contributed by atoms with Crippen LogP contribution in [-0.2, 0) is 4.79 Å². The van der Waals surface area contributed by atoms with Crippen LogP contribution in [0.4, 0.5) is 5.82 Å². The largest absolute Gasteiger partial charge is 0.420 e. The van der Waals surface area contributed by atoms with Crippen molar-refractivity contribution in [3.05, 3.63) is 72.0 Å². The highest BCUT2D eigenvalue weighted by atomic mass is 35.5. The van der Waals surface area contributed by atoms with Gasteiger partial charge in [-0.3, -0.25) is 14.7 Å². The lowest BCUT2D eigenvalue weighted by Gasteiger charge is -2.30. The van der Waals surface area contributed by atoms with Crippen LogP contribution in [0.25, 0.3) is 22.8 Å². The van der Waals surface area contributed by atoms with E-state index in [1.165, 1.54) is 18.5 Å². The molecule has 1 saturated heterocycles. The lowest BCUT2D eigenvalue weighted by molar-refractivity contribution is -0.127. The van der Waals surface area contributed by atoms with Crippen LogP contribution in [0.15, 0.2) is 59.8 Å². The molecule has 4 aromatic rings. The highest BCUT2D eigenvalue weighted by Gasteiger charge is 2.27. The third-order valence-corrected chi connectivity index (χ3v) is 6.07. The summed E-state index contributed by atoms with van der Waals surface area (Å²) in [5, 5.41) is 18.1. The quantitative estimate of drug-likeness (QED) is 0.378. The van der Waals surface area contributed by atoms with E-state index in [0.717, 1.165) is 12.8 Å². The fourth-order valence-corrected chi connectivity index (χ4v) is 4.14. The summed E-state index contributed by atoms with van der Waals surface area (Å²) in [7, 11) is 0. The molecule has 1 fully saturated rings. The van der Waals surface area contributed by atoms with Gasteiger partial charge in [0.1, 0.15) is 17.2 Å². The van der Waals surface area contributed by atoms with Crippen LogP contribution in [0.5, 0.6) is 0 Å². The molecule has 1 aliphatic heterocycles. The van der Waals surface area contributed by atoms with Crippen molar-refractivity contribution in [2.24, 2.45) is 0 Å². The predicted octanol–water partition coefficient (Wildman–Crippen LogP) is 3.71. The van der Waals surface area contributed by atoms with Crippen molar-refractivity contribution >= 4 is 29.2 Å².